The molecule has 0 amide bonds. The molecule has 0 N–H and O–H groups in total. The molecule has 0 radical (unpaired) electrons. The van der Waals surface area contributed by atoms with Crippen molar-refractivity contribution < 1.29 is 17.5 Å². The first-order valence-corrected chi connectivity index (χ1v) is 6.49. The largest absolute Gasteiger partial charge is 0.494 e. The van der Waals surface area contributed by atoms with Crippen molar-refractivity contribution in [2.24, 2.45) is 0 Å². The molecule has 96 valence electrons. The average Bonchev–Trinajstić information content (AvgIpc) is 2.77. The van der Waals surface area contributed by atoms with Crippen LogP contribution in [0.1, 0.15) is 5.69 Å². The van der Waals surface area contributed by atoms with E-state index in [0.29, 0.717) is 5.69 Å². The highest BCUT2D eigenvalue weighted by atomic mass is 32.2. The summed E-state index contributed by atoms with van der Waals surface area (Å²) in [6.45, 7) is 1.68. The topological polar surface area (TPSA) is 61.2 Å². The minimum atomic E-state index is -3.76. The summed E-state index contributed by atoms with van der Waals surface area (Å²) < 4.78 is 43.3. The molecule has 0 atom stereocenters. The fourth-order valence-corrected chi connectivity index (χ4v) is 2.65. The highest BCUT2D eigenvalue weighted by Gasteiger charge is 2.19. The van der Waals surface area contributed by atoms with Gasteiger partial charge in [0, 0.05) is 12.3 Å². The van der Waals surface area contributed by atoms with Crippen LogP contribution in [0.5, 0.6) is 5.75 Å². The number of rotatable bonds is 3. The van der Waals surface area contributed by atoms with Crippen molar-refractivity contribution in [1.82, 2.24) is 8.96 Å². The van der Waals surface area contributed by atoms with E-state index in [4.69, 9.17) is 4.74 Å². The predicted octanol–water partition coefficient (Wildman–Crippen LogP) is 1.58. The molecule has 18 heavy (non-hydrogen) atoms. The van der Waals surface area contributed by atoms with E-state index in [1.54, 1.807) is 6.92 Å². The molecule has 0 aliphatic rings. The van der Waals surface area contributed by atoms with E-state index in [1.807, 2.05) is 0 Å². The number of halogens is 1. The fourth-order valence-electron chi connectivity index (χ4n) is 1.45. The van der Waals surface area contributed by atoms with E-state index in [9.17, 15) is 12.8 Å². The van der Waals surface area contributed by atoms with Crippen molar-refractivity contribution in [3.8, 4) is 5.75 Å². The van der Waals surface area contributed by atoms with Crippen molar-refractivity contribution in [2.75, 3.05) is 7.11 Å². The summed E-state index contributed by atoms with van der Waals surface area (Å²) in [5, 5.41) is 0. The number of aromatic nitrogens is 2. The second kappa shape index (κ2) is 4.41. The Labute approximate surface area is 104 Å². The van der Waals surface area contributed by atoms with Crippen LogP contribution in [0.2, 0.25) is 0 Å². The molecule has 0 aliphatic carbocycles. The Morgan fingerprint density at radius 3 is 2.67 bits per heavy atom. The molecule has 0 saturated carbocycles. The van der Waals surface area contributed by atoms with Crippen LogP contribution in [0.25, 0.3) is 0 Å². The number of hydrogen-bond donors (Lipinski definition) is 0. The Kier molecular flexibility index (Phi) is 3.08. The van der Waals surface area contributed by atoms with Crippen LogP contribution in [0.4, 0.5) is 4.39 Å². The first kappa shape index (κ1) is 12.6. The van der Waals surface area contributed by atoms with Crippen LogP contribution in [0.3, 0.4) is 0 Å². The number of imidazole rings is 1. The summed E-state index contributed by atoms with van der Waals surface area (Å²) in [4.78, 5) is 3.79. The third-order valence-corrected chi connectivity index (χ3v) is 3.99. The van der Waals surface area contributed by atoms with Gasteiger partial charge in [0.1, 0.15) is 6.33 Å². The molecule has 1 aromatic heterocycles. The van der Waals surface area contributed by atoms with E-state index in [2.05, 4.69) is 4.98 Å². The predicted molar refractivity (Wildman–Crippen MR) is 62.5 cm³/mol. The van der Waals surface area contributed by atoms with E-state index in [-0.39, 0.29) is 10.6 Å². The molecule has 0 spiro atoms. The Morgan fingerprint density at radius 1 is 1.39 bits per heavy atom. The quantitative estimate of drug-likeness (QED) is 0.849. The van der Waals surface area contributed by atoms with E-state index >= 15 is 0 Å². The molecule has 0 fully saturated rings. The highest BCUT2D eigenvalue weighted by molar-refractivity contribution is 7.90. The van der Waals surface area contributed by atoms with E-state index in [1.165, 1.54) is 25.7 Å². The summed E-state index contributed by atoms with van der Waals surface area (Å²) in [5.41, 5.74) is 0.577. The van der Waals surface area contributed by atoms with Crippen LogP contribution in [-0.2, 0) is 10.0 Å². The third-order valence-electron chi connectivity index (χ3n) is 2.39. The van der Waals surface area contributed by atoms with E-state index in [0.717, 1.165) is 16.1 Å². The van der Waals surface area contributed by atoms with Gasteiger partial charge in [-0.25, -0.2) is 21.8 Å². The Balaban J connectivity index is 2.54. The molecule has 1 heterocycles. The van der Waals surface area contributed by atoms with Crippen LogP contribution >= 0.6 is 0 Å². The number of methoxy groups -OCH3 is 1. The molecule has 0 saturated heterocycles. The number of ether oxygens (including phenoxy) is 1. The molecule has 2 rings (SSSR count). The summed E-state index contributed by atoms with van der Waals surface area (Å²) >= 11 is 0. The molecule has 5 nitrogen and oxygen atoms in total. The van der Waals surface area contributed by atoms with Crippen molar-refractivity contribution in [2.45, 2.75) is 11.8 Å². The number of hydrogen-bond acceptors (Lipinski definition) is 4. The molecule has 7 heteroatoms. The maximum Gasteiger partial charge on any atom is 0.269 e. The Bertz CT molecular complexity index is 679. The van der Waals surface area contributed by atoms with Crippen LogP contribution in [0.15, 0.2) is 35.6 Å². The summed E-state index contributed by atoms with van der Waals surface area (Å²) in [5.74, 6) is -0.730. The lowest BCUT2D eigenvalue weighted by molar-refractivity contribution is 0.385. The Morgan fingerprint density at radius 2 is 2.11 bits per heavy atom. The number of nitrogens with zero attached hydrogens (tertiary/aromatic N) is 2. The number of benzene rings is 1. The standard InChI is InChI=1S/C11H11FN2O3S/c1-8-6-14(7-13-8)18(15,16)9-3-4-10(12)11(5-9)17-2/h3-7H,1-2H3. The van der Waals surface area contributed by atoms with Crippen molar-refractivity contribution in [1.29, 1.82) is 0 Å². The van der Waals surface area contributed by atoms with Crippen LogP contribution in [-0.4, -0.2) is 24.5 Å². The smallest absolute Gasteiger partial charge is 0.269 e. The number of aryl methyl sites for hydroxylation is 1. The lowest BCUT2D eigenvalue weighted by Gasteiger charge is -2.07. The Hall–Kier alpha value is -1.89. The molecular formula is C11H11FN2O3S. The lowest BCUT2D eigenvalue weighted by atomic mass is 10.3. The van der Waals surface area contributed by atoms with Gasteiger partial charge in [0.2, 0.25) is 0 Å². The second-order valence-corrected chi connectivity index (χ2v) is 5.49. The van der Waals surface area contributed by atoms with Crippen LogP contribution in [0, 0.1) is 12.7 Å². The second-order valence-electron chi connectivity index (χ2n) is 3.65. The monoisotopic (exact) mass is 270 g/mol. The van der Waals surface area contributed by atoms with Crippen molar-refractivity contribution in [3.05, 3.63) is 42.2 Å². The van der Waals surface area contributed by atoms with Gasteiger partial charge in [0.15, 0.2) is 11.6 Å². The third kappa shape index (κ3) is 2.08. The molecule has 0 unspecified atom stereocenters. The normalized spacial score (nSPS) is 11.5. The molecular weight excluding hydrogens is 259 g/mol. The maximum absolute atomic E-state index is 13.2. The van der Waals surface area contributed by atoms with Gasteiger partial charge >= 0.3 is 0 Å². The first-order chi connectivity index (χ1) is 8.45. The summed E-state index contributed by atoms with van der Waals surface area (Å²) in [6.07, 6.45) is 2.58. The van der Waals surface area contributed by atoms with Crippen molar-refractivity contribution in [3.63, 3.8) is 0 Å². The van der Waals surface area contributed by atoms with Gasteiger partial charge in [-0.15, -0.1) is 0 Å². The molecule has 0 bridgehead atoms. The zero-order chi connectivity index (χ0) is 13.3. The van der Waals surface area contributed by atoms with Gasteiger partial charge in [-0.3, -0.25) is 0 Å². The SMILES string of the molecule is COc1cc(S(=O)(=O)n2cnc(C)c2)ccc1F. The zero-order valence-corrected chi connectivity index (χ0v) is 10.6. The van der Waals surface area contributed by atoms with Gasteiger partial charge in [-0.1, -0.05) is 0 Å². The lowest BCUT2D eigenvalue weighted by Crippen LogP contribution is -2.11. The minimum absolute atomic E-state index is 0.0573. The van der Waals surface area contributed by atoms with Gasteiger partial charge in [-0.2, -0.15) is 0 Å². The van der Waals surface area contributed by atoms with Gasteiger partial charge < -0.3 is 4.74 Å². The fraction of sp³-hybridized carbons (Fsp3) is 0.182. The maximum atomic E-state index is 13.2. The van der Waals surface area contributed by atoms with Crippen molar-refractivity contribution >= 4 is 10.0 Å². The first-order valence-electron chi connectivity index (χ1n) is 5.05. The zero-order valence-electron chi connectivity index (χ0n) is 9.79. The summed E-state index contributed by atoms with van der Waals surface area (Å²) in [6, 6.07) is 3.37. The molecule has 2 aromatic rings. The average molecular weight is 270 g/mol. The van der Waals surface area contributed by atoms with E-state index < -0.39 is 15.8 Å². The van der Waals surface area contributed by atoms with Gasteiger partial charge in [-0.05, 0) is 19.1 Å². The van der Waals surface area contributed by atoms with Gasteiger partial charge in [0.05, 0.1) is 17.7 Å². The molecule has 1 aromatic carbocycles. The highest BCUT2D eigenvalue weighted by Crippen LogP contribution is 2.22. The van der Waals surface area contributed by atoms with Gasteiger partial charge in [0.25, 0.3) is 10.0 Å². The van der Waals surface area contributed by atoms with Crippen LogP contribution < -0.4 is 4.74 Å². The summed E-state index contributed by atoms with van der Waals surface area (Å²) in [7, 11) is -2.49. The minimum Gasteiger partial charge on any atom is -0.494 e. The molecule has 0 aliphatic heterocycles.